The van der Waals surface area contributed by atoms with Crippen molar-refractivity contribution in [2.45, 2.75) is 45.3 Å². The van der Waals surface area contributed by atoms with Crippen LogP contribution in [0.4, 0.5) is 0 Å². The molecule has 0 amide bonds. The summed E-state index contributed by atoms with van der Waals surface area (Å²) in [5, 5.41) is 19.8. The summed E-state index contributed by atoms with van der Waals surface area (Å²) >= 11 is 0. The van der Waals surface area contributed by atoms with E-state index in [1.165, 1.54) is 0 Å². The van der Waals surface area contributed by atoms with Crippen LogP contribution in [0.3, 0.4) is 0 Å². The van der Waals surface area contributed by atoms with Gasteiger partial charge in [0.25, 0.3) is 0 Å². The van der Waals surface area contributed by atoms with Gasteiger partial charge in [-0.05, 0) is 38.3 Å². The number of fused-ring (bicyclic) bond motifs is 1. The van der Waals surface area contributed by atoms with Crippen LogP contribution in [0.5, 0.6) is 0 Å². The predicted octanol–water partition coefficient (Wildman–Crippen LogP) is 2.82. The van der Waals surface area contributed by atoms with Crippen LogP contribution in [0, 0.1) is 0 Å². The maximum absolute atomic E-state index is 10.7. The highest BCUT2D eigenvalue weighted by molar-refractivity contribution is 5.84. The van der Waals surface area contributed by atoms with E-state index in [9.17, 15) is 9.90 Å². The number of aliphatic carboxylic acids is 1. The summed E-state index contributed by atoms with van der Waals surface area (Å²) in [6.45, 7) is 4.31. The number of hydrogen-bond acceptors (Lipinski definition) is 2. The van der Waals surface area contributed by atoms with Gasteiger partial charge < -0.3 is 14.8 Å². The number of para-hydroxylation sites is 1. The molecule has 0 atom stereocenters. The zero-order chi connectivity index (χ0) is 14.8. The van der Waals surface area contributed by atoms with Crippen LogP contribution in [0.2, 0.25) is 0 Å². The minimum Gasteiger partial charge on any atom is -0.481 e. The van der Waals surface area contributed by atoms with E-state index in [0.717, 1.165) is 23.0 Å². The van der Waals surface area contributed by atoms with Gasteiger partial charge in [-0.25, -0.2) is 0 Å². The SMILES string of the molecule is CC(C)(O)CCn1cc(CCC(=O)O)c2ccccc21. The standard InChI is InChI=1S/C16H21NO3/c1-16(2,20)9-10-17-11-12(7-8-15(18)19)13-5-3-4-6-14(13)17/h3-6,11,20H,7-10H2,1-2H3,(H,18,19). The molecule has 20 heavy (non-hydrogen) atoms. The highest BCUT2D eigenvalue weighted by Crippen LogP contribution is 2.24. The summed E-state index contributed by atoms with van der Waals surface area (Å²) in [5.41, 5.74) is 1.45. The second-order valence-electron chi connectivity index (χ2n) is 5.82. The summed E-state index contributed by atoms with van der Waals surface area (Å²) in [7, 11) is 0. The van der Waals surface area contributed by atoms with Crippen molar-refractivity contribution in [3.8, 4) is 0 Å². The minimum atomic E-state index is -0.779. The Morgan fingerprint density at radius 1 is 1.30 bits per heavy atom. The molecule has 2 rings (SSSR count). The number of aryl methyl sites for hydroxylation is 2. The maximum Gasteiger partial charge on any atom is 0.303 e. The summed E-state index contributed by atoms with van der Waals surface area (Å²) in [5.74, 6) is -0.779. The maximum atomic E-state index is 10.7. The molecule has 0 saturated carbocycles. The third kappa shape index (κ3) is 3.61. The van der Waals surface area contributed by atoms with Crippen molar-refractivity contribution in [2.24, 2.45) is 0 Å². The predicted molar refractivity (Wildman–Crippen MR) is 78.8 cm³/mol. The fourth-order valence-corrected chi connectivity index (χ4v) is 2.34. The molecule has 0 unspecified atom stereocenters. The second kappa shape index (κ2) is 5.67. The lowest BCUT2D eigenvalue weighted by Crippen LogP contribution is -2.20. The van der Waals surface area contributed by atoms with E-state index in [1.807, 2.05) is 30.5 Å². The first kappa shape index (κ1) is 14.6. The monoisotopic (exact) mass is 275 g/mol. The Hall–Kier alpha value is -1.81. The van der Waals surface area contributed by atoms with Crippen LogP contribution in [-0.2, 0) is 17.8 Å². The van der Waals surface area contributed by atoms with Crippen LogP contribution in [0.1, 0.15) is 32.3 Å². The lowest BCUT2D eigenvalue weighted by atomic mass is 10.1. The van der Waals surface area contributed by atoms with E-state index in [2.05, 4.69) is 4.57 Å². The quantitative estimate of drug-likeness (QED) is 0.852. The highest BCUT2D eigenvalue weighted by Gasteiger charge is 2.14. The van der Waals surface area contributed by atoms with E-state index in [-0.39, 0.29) is 6.42 Å². The number of rotatable bonds is 6. The first-order valence-electron chi connectivity index (χ1n) is 6.88. The van der Waals surface area contributed by atoms with Gasteiger partial charge in [0.2, 0.25) is 0 Å². The number of benzene rings is 1. The third-order valence-corrected chi connectivity index (χ3v) is 3.44. The Kier molecular flexibility index (Phi) is 4.14. The summed E-state index contributed by atoms with van der Waals surface area (Å²) in [6, 6.07) is 7.99. The number of carbonyl (C=O) groups is 1. The third-order valence-electron chi connectivity index (χ3n) is 3.44. The zero-order valence-corrected chi connectivity index (χ0v) is 12.0. The van der Waals surface area contributed by atoms with Gasteiger partial charge in [-0.1, -0.05) is 18.2 Å². The normalized spacial score (nSPS) is 11.9. The first-order valence-corrected chi connectivity index (χ1v) is 6.88. The van der Waals surface area contributed by atoms with Gasteiger partial charge >= 0.3 is 5.97 Å². The molecule has 4 heteroatoms. The molecule has 1 heterocycles. The van der Waals surface area contributed by atoms with Crippen LogP contribution in [0.25, 0.3) is 10.9 Å². The number of aromatic nitrogens is 1. The van der Waals surface area contributed by atoms with Gasteiger partial charge in [-0.15, -0.1) is 0 Å². The number of carboxylic acids is 1. The van der Waals surface area contributed by atoms with Crippen LogP contribution in [-0.4, -0.2) is 26.4 Å². The molecule has 0 saturated heterocycles. The highest BCUT2D eigenvalue weighted by atomic mass is 16.4. The van der Waals surface area contributed by atoms with Crippen molar-refractivity contribution in [3.05, 3.63) is 36.0 Å². The fourth-order valence-electron chi connectivity index (χ4n) is 2.34. The molecular weight excluding hydrogens is 254 g/mol. The van der Waals surface area contributed by atoms with Gasteiger partial charge in [0.1, 0.15) is 0 Å². The Balaban J connectivity index is 2.28. The first-order chi connectivity index (χ1) is 9.37. The lowest BCUT2D eigenvalue weighted by Gasteiger charge is -2.17. The second-order valence-corrected chi connectivity index (χ2v) is 5.82. The lowest BCUT2D eigenvalue weighted by molar-refractivity contribution is -0.136. The minimum absolute atomic E-state index is 0.138. The molecular formula is C16H21NO3. The van der Waals surface area contributed by atoms with E-state index < -0.39 is 11.6 Å². The van der Waals surface area contributed by atoms with E-state index >= 15 is 0 Å². The zero-order valence-electron chi connectivity index (χ0n) is 12.0. The van der Waals surface area contributed by atoms with E-state index in [0.29, 0.717) is 12.8 Å². The molecule has 0 radical (unpaired) electrons. The Morgan fingerprint density at radius 3 is 2.65 bits per heavy atom. The van der Waals surface area contributed by atoms with Crippen LogP contribution in [0.15, 0.2) is 30.5 Å². The van der Waals surface area contributed by atoms with Crippen molar-refractivity contribution >= 4 is 16.9 Å². The molecule has 2 aromatic rings. The molecule has 0 aliphatic rings. The van der Waals surface area contributed by atoms with Gasteiger partial charge in [0, 0.05) is 30.1 Å². The van der Waals surface area contributed by atoms with Gasteiger partial charge in [0.15, 0.2) is 0 Å². The smallest absolute Gasteiger partial charge is 0.303 e. The number of aliphatic hydroxyl groups is 1. The van der Waals surface area contributed by atoms with Gasteiger partial charge in [0.05, 0.1) is 5.60 Å². The molecule has 1 aromatic heterocycles. The van der Waals surface area contributed by atoms with Crippen LogP contribution >= 0.6 is 0 Å². The summed E-state index contributed by atoms with van der Waals surface area (Å²) in [4.78, 5) is 10.7. The van der Waals surface area contributed by atoms with E-state index in [1.54, 1.807) is 13.8 Å². The molecule has 1 aromatic carbocycles. The summed E-state index contributed by atoms with van der Waals surface area (Å²) < 4.78 is 2.10. The average Bonchev–Trinajstić information content (AvgIpc) is 2.71. The van der Waals surface area contributed by atoms with Crippen molar-refractivity contribution < 1.29 is 15.0 Å². The Morgan fingerprint density at radius 2 is 2.00 bits per heavy atom. The van der Waals surface area contributed by atoms with Crippen molar-refractivity contribution in [1.29, 1.82) is 0 Å². The Bertz CT molecular complexity index is 608. The van der Waals surface area contributed by atoms with Crippen LogP contribution < -0.4 is 0 Å². The molecule has 2 N–H and O–H groups in total. The average molecular weight is 275 g/mol. The molecule has 4 nitrogen and oxygen atoms in total. The van der Waals surface area contributed by atoms with Gasteiger partial charge in [-0.2, -0.15) is 0 Å². The van der Waals surface area contributed by atoms with E-state index in [4.69, 9.17) is 5.11 Å². The van der Waals surface area contributed by atoms with Gasteiger partial charge in [-0.3, -0.25) is 4.79 Å². The molecule has 0 spiro atoms. The topological polar surface area (TPSA) is 62.5 Å². The largest absolute Gasteiger partial charge is 0.481 e. The molecule has 0 bridgehead atoms. The van der Waals surface area contributed by atoms with Crippen molar-refractivity contribution in [2.75, 3.05) is 0 Å². The molecule has 0 fully saturated rings. The number of nitrogens with zero attached hydrogens (tertiary/aromatic N) is 1. The molecule has 0 aliphatic carbocycles. The summed E-state index contributed by atoms with van der Waals surface area (Å²) in [6.07, 6.45) is 3.34. The Labute approximate surface area is 118 Å². The van der Waals surface area contributed by atoms with Crippen molar-refractivity contribution in [1.82, 2.24) is 4.57 Å². The fraction of sp³-hybridized carbons (Fsp3) is 0.438. The molecule has 0 aliphatic heterocycles. The van der Waals surface area contributed by atoms with Crippen molar-refractivity contribution in [3.63, 3.8) is 0 Å². The molecule has 108 valence electrons. The number of hydrogen-bond donors (Lipinski definition) is 2. The number of carboxylic acid groups (broad SMARTS) is 1.